The van der Waals surface area contributed by atoms with Crippen molar-refractivity contribution in [2.45, 2.75) is 26.0 Å². The van der Waals surface area contributed by atoms with Gasteiger partial charge in [0.05, 0.1) is 5.69 Å². The molecule has 1 aliphatic rings. The zero-order valence-electron chi connectivity index (χ0n) is 15.1. The fourth-order valence-corrected chi connectivity index (χ4v) is 3.22. The Hall–Kier alpha value is -2.60. The zero-order valence-corrected chi connectivity index (χ0v) is 15.9. The number of para-hydroxylation sites is 2. The van der Waals surface area contributed by atoms with E-state index in [4.69, 9.17) is 16.3 Å². The standard InChI is InChI=1S/C20H20ClFN2O3/c1-13-20(26)24(17-8-3-4-9-18(17)27-13)11-10-19(25)23(2)12-14-15(21)6-5-7-16(14)22/h3-9,13H,10-12H2,1-2H3. The van der Waals surface area contributed by atoms with Gasteiger partial charge in [0, 0.05) is 37.1 Å². The van der Waals surface area contributed by atoms with E-state index in [-0.39, 0.29) is 41.9 Å². The highest BCUT2D eigenvalue weighted by molar-refractivity contribution is 6.31. The summed E-state index contributed by atoms with van der Waals surface area (Å²) in [6, 6.07) is 11.6. The van der Waals surface area contributed by atoms with Crippen molar-refractivity contribution < 1.29 is 18.7 Å². The molecule has 0 aliphatic carbocycles. The van der Waals surface area contributed by atoms with E-state index in [1.165, 1.54) is 17.0 Å². The highest BCUT2D eigenvalue weighted by atomic mass is 35.5. The second-order valence-electron chi connectivity index (χ2n) is 6.42. The first kappa shape index (κ1) is 19.2. The molecule has 5 nitrogen and oxygen atoms in total. The van der Waals surface area contributed by atoms with Crippen LogP contribution in [0.25, 0.3) is 0 Å². The number of benzene rings is 2. The Bertz CT molecular complexity index is 854. The molecule has 2 amide bonds. The van der Waals surface area contributed by atoms with Crippen molar-refractivity contribution in [3.05, 3.63) is 58.9 Å². The van der Waals surface area contributed by atoms with Crippen molar-refractivity contribution in [1.82, 2.24) is 4.90 Å². The number of hydrogen-bond acceptors (Lipinski definition) is 3. The van der Waals surface area contributed by atoms with Gasteiger partial charge in [0.2, 0.25) is 5.91 Å². The van der Waals surface area contributed by atoms with Crippen LogP contribution in [0.1, 0.15) is 18.9 Å². The second kappa shape index (κ2) is 7.96. The molecule has 1 aliphatic heterocycles. The maximum atomic E-state index is 13.9. The lowest BCUT2D eigenvalue weighted by Crippen LogP contribution is -2.45. The average molecular weight is 391 g/mol. The molecule has 3 rings (SSSR count). The number of fused-ring (bicyclic) bond motifs is 1. The number of hydrogen-bond donors (Lipinski definition) is 0. The zero-order chi connectivity index (χ0) is 19.6. The second-order valence-corrected chi connectivity index (χ2v) is 6.82. The number of carbonyl (C=O) groups is 2. The summed E-state index contributed by atoms with van der Waals surface area (Å²) in [4.78, 5) is 27.9. The number of halogens is 2. The van der Waals surface area contributed by atoms with Crippen LogP contribution in [0.4, 0.5) is 10.1 Å². The van der Waals surface area contributed by atoms with Crippen LogP contribution in [0.15, 0.2) is 42.5 Å². The normalized spacial score (nSPS) is 15.9. The molecular weight excluding hydrogens is 371 g/mol. The van der Waals surface area contributed by atoms with E-state index in [0.29, 0.717) is 11.4 Å². The van der Waals surface area contributed by atoms with E-state index in [1.54, 1.807) is 37.1 Å². The van der Waals surface area contributed by atoms with Crippen molar-refractivity contribution in [1.29, 1.82) is 0 Å². The van der Waals surface area contributed by atoms with Gasteiger partial charge in [-0.25, -0.2) is 4.39 Å². The molecule has 1 atom stereocenters. The summed E-state index contributed by atoms with van der Waals surface area (Å²) in [6.07, 6.45) is -0.500. The third-order valence-electron chi connectivity index (χ3n) is 4.51. The molecule has 1 unspecified atom stereocenters. The minimum Gasteiger partial charge on any atom is -0.479 e. The van der Waals surface area contributed by atoms with Crippen LogP contribution in [-0.2, 0) is 16.1 Å². The van der Waals surface area contributed by atoms with Crippen LogP contribution < -0.4 is 9.64 Å². The van der Waals surface area contributed by atoms with Crippen molar-refractivity contribution in [3.63, 3.8) is 0 Å². The largest absolute Gasteiger partial charge is 0.479 e. The number of amides is 2. The Labute approximate surface area is 162 Å². The van der Waals surface area contributed by atoms with E-state index >= 15 is 0 Å². The summed E-state index contributed by atoms with van der Waals surface area (Å²) in [5.41, 5.74) is 0.921. The molecule has 0 spiro atoms. The first-order valence-electron chi connectivity index (χ1n) is 8.62. The van der Waals surface area contributed by atoms with E-state index in [9.17, 15) is 14.0 Å². The monoisotopic (exact) mass is 390 g/mol. The first-order valence-corrected chi connectivity index (χ1v) is 9.00. The van der Waals surface area contributed by atoms with Gasteiger partial charge in [0.1, 0.15) is 11.6 Å². The molecule has 0 bridgehead atoms. The minimum atomic E-state index is -0.607. The van der Waals surface area contributed by atoms with Crippen molar-refractivity contribution in [3.8, 4) is 5.75 Å². The first-order chi connectivity index (χ1) is 12.9. The number of ether oxygens (including phenoxy) is 1. The van der Waals surface area contributed by atoms with Gasteiger partial charge in [-0.3, -0.25) is 9.59 Å². The number of anilines is 1. The molecule has 1 heterocycles. The fraction of sp³-hybridized carbons (Fsp3) is 0.300. The molecule has 0 N–H and O–H groups in total. The predicted octanol–water partition coefficient (Wildman–Crippen LogP) is 3.64. The van der Waals surface area contributed by atoms with E-state index < -0.39 is 11.9 Å². The van der Waals surface area contributed by atoms with Gasteiger partial charge in [-0.05, 0) is 31.2 Å². The molecule has 7 heteroatoms. The van der Waals surface area contributed by atoms with Crippen molar-refractivity contribution in [2.24, 2.45) is 0 Å². The molecule has 27 heavy (non-hydrogen) atoms. The Balaban J connectivity index is 1.67. The number of nitrogens with zero attached hydrogens (tertiary/aromatic N) is 2. The summed E-state index contributed by atoms with van der Waals surface area (Å²) in [5, 5.41) is 0.278. The molecule has 0 aromatic heterocycles. The molecule has 0 fully saturated rings. The predicted molar refractivity (Wildman–Crippen MR) is 101 cm³/mol. The molecule has 0 radical (unpaired) electrons. The van der Waals surface area contributed by atoms with Gasteiger partial charge in [0.15, 0.2) is 6.10 Å². The molecule has 0 saturated carbocycles. The minimum absolute atomic E-state index is 0.0639. The lowest BCUT2D eigenvalue weighted by Gasteiger charge is -2.33. The Kier molecular flexibility index (Phi) is 5.65. The Morgan fingerprint density at radius 2 is 2.00 bits per heavy atom. The van der Waals surface area contributed by atoms with Gasteiger partial charge in [-0.2, -0.15) is 0 Å². The molecule has 142 valence electrons. The van der Waals surface area contributed by atoms with E-state index in [0.717, 1.165) is 0 Å². The van der Waals surface area contributed by atoms with Crippen molar-refractivity contribution in [2.75, 3.05) is 18.5 Å². The van der Waals surface area contributed by atoms with Crippen LogP contribution in [0.2, 0.25) is 5.02 Å². The third kappa shape index (κ3) is 4.06. The smallest absolute Gasteiger partial charge is 0.267 e. The third-order valence-corrected chi connectivity index (χ3v) is 4.86. The number of rotatable bonds is 5. The maximum Gasteiger partial charge on any atom is 0.267 e. The quantitative estimate of drug-likeness (QED) is 0.783. The molecular formula is C20H20ClFN2O3. The highest BCUT2D eigenvalue weighted by Crippen LogP contribution is 2.33. The fourth-order valence-electron chi connectivity index (χ4n) is 3.00. The Morgan fingerprint density at radius 1 is 1.26 bits per heavy atom. The Morgan fingerprint density at radius 3 is 2.74 bits per heavy atom. The van der Waals surface area contributed by atoms with Crippen LogP contribution in [0.3, 0.4) is 0 Å². The van der Waals surface area contributed by atoms with Crippen LogP contribution >= 0.6 is 11.6 Å². The van der Waals surface area contributed by atoms with Gasteiger partial charge in [-0.15, -0.1) is 0 Å². The van der Waals surface area contributed by atoms with E-state index in [1.807, 2.05) is 12.1 Å². The lowest BCUT2D eigenvalue weighted by atomic mass is 10.1. The average Bonchev–Trinajstić information content (AvgIpc) is 2.65. The van der Waals surface area contributed by atoms with Crippen LogP contribution in [0, 0.1) is 5.82 Å². The van der Waals surface area contributed by atoms with Crippen LogP contribution in [0.5, 0.6) is 5.75 Å². The summed E-state index contributed by atoms with van der Waals surface area (Å²) in [7, 11) is 1.59. The van der Waals surface area contributed by atoms with Gasteiger partial charge in [-0.1, -0.05) is 29.8 Å². The summed E-state index contributed by atoms with van der Waals surface area (Å²) in [6.45, 7) is 1.96. The highest BCUT2D eigenvalue weighted by Gasteiger charge is 2.31. The summed E-state index contributed by atoms with van der Waals surface area (Å²) < 4.78 is 19.5. The van der Waals surface area contributed by atoms with Crippen LogP contribution in [-0.4, -0.2) is 36.4 Å². The van der Waals surface area contributed by atoms with E-state index in [2.05, 4.69) is 0 Å². The topological polar surface area (TPSA) is 49.9 Å². The molecule has 0 saturated heterocycles. The lowest BCUT2D eigenvalue weighted by molar-refractivity contribution is -0.130. The van der Waals surface area contributed by atoms with Gasteiger partial charge < -0.3 is 14.5 Å². The maximum absolute atomic E-state index is 13.9. The SMILES string of the molecule is CC1Oc2ccccc2N(CCC(=O)N(C)Cc2c(F)cccc2Cl)C1=O. The van der Waals surface area contributed by atoms with Gasteiger partial charge in [0.25, 0.3) is 5.91 Å². The molecule has 2 aromatic rings. The summed E-state index contributed by atoms with van der Waals surface area (Å²) >= 11 is 6.02. The number of carbonyl (C=O) groups excluding carboxylic acids is 2. The van der Waals surface area contributed by atoms with Gasteiger partial charge >= 0.3 is 0 Å². The van der Waals surface area contributed by atoms with Crippen molar-refractivity contribution >= 4 is 29.1 Å². The molecule has 2 aromatic carbocycles. The summed E-state index contributed by atoms with van der Waals surface area (Å²) in [5.74, 6) is -0.239.